The third-order valence-electron chi connectivity index (χ3n) is 2.49. The SMILES string of the molecule is CC(C)[C@@H](CO)NS(=O)(=O)c1cc(Cl)ccc1Cl. The highest BCUT2D eigenvalue weighted by Crippen LogP contribution is 2.25. The summed E-state index contributed by atoms with van der Waals surface area (Å²) in [4.78, 5) is -0.0873. The molecule has 0 spiro atoms. The molecule has 0 fully saturated rings. The first-order chi connectivity index (χ1) is 8.27. The van der Waals surface area contributed by atoms with E-state index in [1.807, 2.05) is 13.8 Å². The first-order valence-electron chi connectivity index (χ1n) is 5.36. The van der Waals surface area contributed by atoms with Crippen molar-refractivity contribution < 1.29 is 13.5 Å². The lowest BCUT2D eigenvalue weighted by atomic mass is 10.1. The first kappa shape index (κ1) is 15.7. The van der Waals surface area contributed by atoms with E-state index in [2.05, 4.69) is 4.72 Å². The van der Waals surface area contributed by atoms with E-state index in [-0.39, 0.29) is 27.5 Å². The fourth-order valence-corrected chi connectivity index (χ4v) is 3.47. The Bertz CT molecular complexity index is 517. The maximum absolute atomic E-state index is 12.1. The van der Waals surface area contributed by atoms with Crippen molar-refractivity contribution >= 4 is 33.2 Å². The Balaban J connectivity index is 3.10. The van der Waals surface area contributed by atoms with Gasteiger partial charge in [-0.2, -0.15) is 0 Å². The van der Waals surface area contributed by atoms with E-state index in [0.29, 0.717) is 0 Å². The van der Waals surface area contributed by atoms with E-state index in [9.17, 15) is 8.42 Å². The lowest BCUT2D eigenvalue weighted by molar-refractivity contribution is 0.227. The smallest absolute Gasteiger partial charge is 0.242 e. The Morgan fingerprint density at radius 3 is 2.44 bits per heavy atom. The van der Waals surface area contributed by atoms with Crippen molar-refractivity contribution in [2.45, 2.75) is 24.8 Å². The first-order valence-corrected chi connectivity index (χ1v) is 7.60. The molecule has 0 radical (unpaired) electrons. The molecular formula is C11H15Cl2NO3S. The molecule has 4 nitrogen and oxygen atoms in total. The van der Waals surface area contributed by atoms with Crippen LogP contribution in [0.5, 0.6) is 0 Å². The highest BCUT2D eigenvalue weighted by Gasteiger charge is 2.24. The van der Waals surface area contributed by atoms with Gasteiger partial charge in [0.2, 0.25) is 10.0 Å². The molecule has 1 rings (SSSR count). The average molecular weight is 312 g/mol. The van der Waals surface area contributed by atoms with Crippen LogP contribution < -0.4 is 4.72 Å². The largest absolute Gasteiger partial charge is 0.395 e. The molecule has 0 aliphatic carbocycles. The molecule has 2 N–H and O–H groups in total. The summed E-state index contributed by atoms with van der Waals surface area (Å²) in [6.07, 6.45) is 0. The number of hydrogen-bond donors (Lipinski definition) is 2. The molecule has 0 bridgehead atoms. The maximum atomic E-state index is 12.1. The molecule has 0 heterocycles. The van der Waals surface area contributed by atoms with E-state index in [0.717, 1.165) is 0 Å². The predicted octanol–water partition coefficient (Wildman–Crippen LogP) is 2.29. The zero-order valence-corrected chi connectivity index (χ0v) is 12.4. The Hall–Kier alpha value is -0.330. The fraction of sp³-hybridized carbons (Fsp3) is 0.455. The zero-order valence-electron chi connectivity index (χ0n) is 10.0. The van der Waals surface area contributed by atoms with Crippen molar-refractivity contribution in [1.29, 1.82) is 0 Å². The number of sulfonamides is 1. The summed E-state index contributed by atoms with van der Waals surface area (Å²) in [6, 6.07) is 3.64. The Morgan fingerprint density at radius 1 is 1.33 bits per heavy atom. The maximum Gasteiger partial charge on any atom is 0.242 e. The van der Waals surface area contributed by atoms with Crippen LogP contribution in [0.3, 0.4) is 0 Å². The number of halogens is 2. The van der Waals surface area contributed by atoms with Crippen molar-refractivity contribution in [2.75, 3.05) is 6.61 Å². The molecule has 7 heteroatoms. The second-order valence-corrected chi connectivity index (χ2v) is 6.76. The Kier molecular flexibility index (Phi) is 5.43. The lowest BCUT2D eigenvalue weighted by Gasteiger charge is -2.20. The minimum atomic E-state index is -3.80. The number of aliphatic hydroxyl groups is 1. The lowest BCUT2D eigenvalue weighted by Crippen LogP contribution is -2.41. The van der Waals surface area contributed by atoms with Gasteiger partial charge >= 0.3 is 0 Å². The second kappa shape index (κ2) is 6.21. The minimum Gasteiger partial charge on any atom is -0.395 e. The molecule has 0 amide bonds. The van der Waals surface area contributed by atoms with E-state index in [1.165, 1.54) is 18.2 Å². The molecule has 18 heavy (non-hydrogen) atoms. The molecule has 1 aromatic rings. The zero-order chi connectivity index (χ0) is 13.9. The molecule has 1 aromatic carbocycles. The van der Waals surface area contributed by atoms with Gasteiger partial charge in [-0.1, -0.05) is 37.0 Å². The van der Waals surface area contributed by atoms with Gasteiger partial charge in [0.15, 0.2) is 0 Å². The molecule has 0 aliphatic rings. The van der Waals surface area contributed by atoms with Gasteiger partial charge in [-0.25, -0.2) is 13.1 Å². The number of nitrogens with one attached hydrogen (secondary N) is 1. The summed E-state index contributed by atoms with van der Waals surface area (Å²) in [5, 5.41) is 9.52. The molecule has 1 atom stereocenters. The van der Waals surface area contributed by atoms with Crippen molar-refractivity contribution in [1.82, 2.24) is 4.72 Å². The summed E-state index contributed by atoms with van der Waals surface area (Å²) < 4.78 is 26.6. The fourth-order valence-electron chi connectivity index (χ4n) is 1.33. The standard InChI is InChI=1S/C11H15Cl2NO3S/c1-7(2)10(6-15)14-18(16,17)11-5-8(12)3-4-9(11)13/h3-5,7,10,14-15H,6H2,1-2H3/t10-/m1/s1. The molecule has 102 valence electrons. The van der Waals surface area contributed by atoms with E-state index < -0.39 is 16.1 Å². The molecule has 0 unspecified atom stereocenters. The van der Waals surface area contributed by atoms with E-state index in [4.69, 9.17) is 28.3 Å². The Labute approximate surface area is 117 Å². The van der Waals surface area contributed by atoms with Crippen molar-refractivity contribution in [3.05, 3.63) is 28.2 Å². The van der Waals surface area contributed by atoms with Gasteiger partial charge in [0.05, 0.1) is 11.6 Å². The number of aliphatic hydroxyl groups excluding tert-OH is 1. The summed E-state index contributed by atoms with van der Waals surface area (Å²) >= 11 is 11.6. The van der Waals surface area contributed by atoms with Gasteiger partial charge in [0.1, 0.15) is 4.90 Å². The third kappa shape index (κ3) is 3.83. The average Bonchev–Trinajstić information content (AvgIpc) is 2.28. The van der Waals surface area contributed by atoms with E-state index >= 15 is 0 Å². The number of rotatable bonds is 5. The third-order valence-corrected chi connectivity index (χ3v) is 4.70. The summed E-state index contributed by atoms with van der Waals surface area (Å²) in [7, 11) is -3.80. The Morgan fingerprint density at radius 2 is 1.94 bits per heavy atom. The summed E-state index contributed by atoms with van der Waals surface area (Å²) in [5.41, 5.74) is 0. The number of hydrogen-bond acceptors (Lipinski definition) is 3. The highest BCUT2D eigenvalue weighted by atomic mass is 35.5. The highest BCUT2D eigenvalue weighted by molar-refractivity contribution is 7.89. The van der Waals surface area contributed by atoms with Gasteiger partial charge in [-0.05, 0) is 24.1 Å². The van der Waals surface area contributed by atoms with Crippen LogP contribution in [-0.4, -0.2) is 26.2 Å². The van der Waals surface area contributed by atoms with Crippen LogP contribution in [0, 0.1) is 5.92 Å². The van der Waals surface area contributed by atoms with Crippen molar-refractivity contribution in [2.24, 2.45) is 5.92 Å². The van der Waals surface area contributed by atoms with Crippen LogP contribution in [0.1, 0.15) is 13.8 Å². The van der Waals surface area contributed by atoms with Crippen LogP contribution in [0.2, 0.25) is 10.0 Å². The molecular weight excluding hydrogens is 297 g/mol. The van der Waals surface area contributed by atoms with Gasteiger partial charge in [0.25, 0.3) is 0 Å². The van der Waals surface area contributed by atoms with Gasteiger partial charge in [0, 0.05) is 11.1 Å². The van der Waals surface area contributed by atoms with Crippen molar-refractivity contribution in [3.63, 3.8) is 0 Å². The topological polar surface area (TPSA) is 66.4 Å². The summed E-state index contributed by atoms with van der Waals surface area (Å²) in [5.74, 6) is -0.0391. The van der Waals surface area contributed by atoms with Crippen LogP contribution in [0.4, 0.5) is 0 Å². The monoisotopic (exact) mass is 311 g/mol. The van der Waals surface area contributed by atoms with Gasteiger partial charge < -0.3 is 5.11 Å². The van der Waals surface area contributed by atoms with Crippen LogP contribution in [-0.2, 0) is 10.0 Å². The molecule has 0 aromatic heterocycles. The van der Waals surface area contributed by atoms with Crippen LogP contribution in [0.25, 0.3) is 0 Å². The van der Waals surface area contributed by atoms with E-state index in [1.54, 1.807) is 0 Å². The molecule has 0 aliphatic heterocycles. The predicted molar refractivity (Wildman–Crippen MR) is 72.5 cm³/mol. The normalized spacial score (nSPS) is 13.9. The van der Waals surface area contributed by atoms with Crippen LogP contribution >= 0.6 is 23.2 Å². The molecule has 0 saturated heterocycles. The van der Waals surface area contributed by atoms with Crippen LogP contribution in [0.15, 0.2) is 23.1 Å². The summed E-state index contributed by atoms with van der Waals surface area (Å²) in [6.45, 7) is 3.33. The van der Waals surface area contributed by atoms with Crippen molar-refractivity contribution in [3.8, 4) is 0 Å². The molecule has 0 saturated carbocycles. The van der Waals surface area contributed by atoms with Gasteiger partial charge in [-0.3, -0.25) is 0 Å². The minimum absolute atomic E-state index is 0.0391. The quantitative estimate of drug-likeness (QED) is 0.876. The van der Waals surface area contributed by atoms with Gasteiger partial charge in [-0.15, -0.1) is 0 Å². The number of benzene rings is 1. The second-order valence-electron chi connectivity index (χ2n) is 4.23.